The van der Waals surface area contributed by atoms with Crippen molar-refractivity contribution < 1.29 is 14.3 Å². The van der Waals surface area contributed by atoms with Crippen LogP contribution in [0.1, 0.15) is 63.3 Å². The van der Waals surface area contributed by atoms with Crippen LogP contribution < -0.4 is 19.6 Å². The second-order valence-electron chi connectivity index (χ2n) is 9.13. The molecule has 4 rings (SSSR count). The molecule has 0 saturated carbocycles. The molecule has 182 valence electrons. The molecule has 1 atom stereocenters. The first-order valence-corrected chi connectivity index (χ1v) is 12.5. The maximum Gasteiger partial charge on any atom is 0.338 e. The highest BCUT2D eigenvalue weighted by Gasteiger charge is 2.33. The Morgan fingerprint density at radius 3 is 2.29 bits per heavy atom. The monoisotopic (exact) mass is 490 g/mol. The number of carbonyl (C=O) groups excluding carboxylic acids is 1. The molecule has 0 N–H and O–H groups in total. The zero-order valence-electron chi connectivity index (χ0n) is 20.9. The van der Waals surface area contributed by atoms with Crippen molar-refractivity contribution in [1.82, 2.24) is 4.57 Å². The van der Waals surface area contributed by atoms with Crippen molar-refractivity contribution in [2.75, 3.05) is 7.11 Å². The lowest BCUT2D eigenvalue weighted by molar-refractivity contribution is -0.143. The number of nitrogens with zero attached hydrogens (tertiary/aromatic N) is 2. The summed E-state index contributed by atoms with van der Waals surface area (Å²) < 4.78 is 13.0. The van der Waals surface area contributed by atoms with Gasteiger partial charge in [-0.25, -0.2) is 9.79 Å². The summed E-state index contributed by atoms with van der Waals surface area (Å²) in [6, 6.07) is 14.9. The van der Waals surface area contributed by atoms with Gasteiger partial charge in [-0.15, -0.1) is 0 Å². The summed E-state index contributed by atoms with van der Waals surface area (Å²) >= 11 is 1.32. The molecule has 1 aliphatic heterocycles. The SMILES string of the molecule is COc1ccc([C@H]2C(C(=O)OC(C)C)=C(C)N=c3s/c(=C/c4ccc(C(C)C)cc4)c(=O)n32)cc1. The van der Waals surface area contributed by atoms with Gasteiger partial charge in [-0.1, -0.05) is 61.6 Å². The first-order valence-electron chi connectivity index (χ1n) is 11.7. The number of hydrogen-bond donors (Lipinski definition) is 0. The molecule has 1 aromatic heterocycles. The van der Waals surface area contributed by atoms with Crippen molar-refractivity contribution in [1.29, 1.82) is 0 Å². The summed E-state index contributed by atoms with van der Waals surface area (Å²) in [6.07, 6.45) is 1.59. The Bertz CT molecular complexity index is 1440. The van der Waals surface area contributed by atoms with Crippen LogP contribution in [0.15, 0.2) is 69.6 Å². The van der Waals surface area contributed by atoms with Crippen molar-refractivity contribution in [3.05, 3.63) is 96.2 Å². The van der Waals surface area contributed by atoms with Crippen LogP contribution in [0.2, 0.25) is 0 Å². The van der Waals surface area contributed by atoms with E-state index in [1.165, 1.54) is 16.9 Å². The molecule has 0 spiro atoms. The number of methoxy groups -OCH3 is 1. The Kier molecular flexibility index (Phi) is 7.08. The topological polar surface area (TPSA) is 69.9 Å². The highest BCUT2D eigenvalue weighted by atomic mass is 32.1. The van der Waals surface area contributed by atoms with E-state index >= 15 is 0 Å². The fraction of sp³-hybridized carbons (Fsp3) is 0.321. The average molecular weight is 491 g/mol. The van der Waals surface area contributed by atoms with Crippen LogP contribution in [0.4, 0.5) is 0 Å². The zero-order chi connectivity index (χ0) is 25.3. The van der Waals surface area contributed by atoms with Crippen molar-refractivity contribution >= 4 is 23.4 Å². The number of esters is 1. The summed E-state index contributed by atoms with van der Waals surface area (Å²) in [7, 11) is 1.60. The molecular weight excluding hydrogens is 460 g/mol. The van der Waals surface area contributed by atoms with Crippen molar-refractivity contribution in [2.24, 2.45) is 4.99 Å². The molecule has 35 heavy (non-hydrogen) atoms. The number of carbonyl (C=O) groups is 1. The molecule has 3 aromatic rings. The number of hydrogen-bond acceptors (Lipinski definition) is 6. The quantitative estimate of drug-likeness (QED) is 0.483. The molecule has 1 aliphatic rings. The minimum Gasteiger partial charge on any atom is -0.497 e. The molecule has 0 amide bonds. The number of thiazole rings is 1. The van der Waals surface area contributed by atoms with Crippen molar-refractivity contribution in [2.45, 2.75) is 52.7 Å². The third-order valence-corrected chi connectivity index (χ3v) is 6.90. The molecule has 0 unspecified atom stereocenters. The van der Waals surface area contributed by atoms with E-state index in [9.17, 15) is 9.59 Å². The van der Waals surface area contributed by atoms with Gasteiger partial charge in [0.25, 0.3) is 5.56 Å². The van der Waals surface area contributed by atoms with Gasteiger partial charge in [0.2, 0.25) is 0 Å². The van der Waals surface area contributed by atoms with Crippen LogP contribution in [-0.2, 0) is 9.53 Å². The van der Waals surface area contributed by atoms with Crippen LogP contribution in [-0.4, -0.2) is 23.8 Å². The second kappa shape index (κ2) is 10.0. The molecule has 2 aromatic carbocycles. The van der Waals surface area contributed by atoms with Gasteiger partial charge >= 0.3 is 5.97 Å². The second-order valence-corrected chi connectivity index (χ2v) is 10.1. The van der Waals surface area contributed by atoms with Crippen LogP contribution in [0, 0.1) is 0 Å². The summed E-state index contributed by atoms with van der Waals surface area (Å²) in [5, 5.41) is 0. The van der Waals surface area contributed by atoms with E-state index in [0.717, 1.165) is 11.1 Å². The standard InChI is InChI=1S/C28H30N2O4S/c1-16(2)20-9-7-19(8-10-20)15-23-26(31)30-25(21-11-13-22(33-6)14-12-21)24(27(32)34-17(3)4)18(5)29-28(30)35-23/h7-17,25H,1-6H3/b23-15+/t25-/m0/s1. The Hall–Kier alpha value is -3.45. The maximum atomic E-state index is 13.7. The van der Waals surface area contributed by atoms with Crippen LogP contribution >= 0.6 is 11.3 Å². The van der Waals surface area contributed by atoms with Crippen molar-refractivity contribution in [3.8, 4) is 5.75 Å². The number of allylic oxidation sites excluding steroid dienone is 1. The molecule has 2 heterocycles. The Balaban J connectivity index is 1.88. The van der Waals surface area contributed by atoms with E-state index in [2.05, 4.69) is 31.0 Å². The zero-order valence-corrected chi connectivity index (χ0v) is 21.7. The number of benzene rings is 2. The number of rotatable bonds is 6. The van der Waals surface area contributed by atoms with Gasteiger partial charge in [0.1, 0.15) is 5.75 Å². The van der Waals surface area contributed by atoms with E-state index in [1.54, 1.807) is 32.4 Å². The highest BCUT2D eigenvalue weighted by Crippen LogP contribution is 2.31. The lowest BCUT2D eigenvalue weighted by atomic mass is 9.96. The van der Waals surface area contributed by atoms with E-state index in [4.69, 9.17) is 9.47 Å². The van der Waals surface area contributed by atoms with E-state index in [1.807, 2.05) is 42.5 Å². The van der Waals surface area contributed by atoms with E-state index < -0.39 is 12.0 Å². The summed E-state index contributed by atoms with van der Waals surface area (Å²) in [5.74, 6) is 0.657. The Morgan fingerprint density at radius 1 is 1.06 bits per heavy atom. The maximum absolute atomic E-state index is 13.7. The molecule has 6 nitrogen and oxygen atoms in total. The van der Waals surface area contributed by atoms with Crippen LogP contribution in [0.3, 0.4) is 0 Å². The van der Waals surface area contributed by atoms with Crippen LogP contribution in [0.25, 0.3) is 6.08 Å². The van der Waals surface area contributed by atoms with Gasteiger partial charge in [0.15, 0.2) is 4.80 Å². The number of fused-ring (bicyclic) bond motifs is 1. The molecule has 7 heteroatoms. The third-order valence-electron chi connectivity index (χ3n) is 5.92. The third kappa shape index (κ3) is 5.00. The Morgan fingerprint density at radius 2 is 1.71 bits per heavy atom. The smallest absolute Gasteiger partial charge is 0.338 e. The summed E-state index contributed by atoms with van der Waals surface area (Å²) in [5.41, 5.74) is 3.69. The van der Waals surface area contributed by atoms with E-state index in [-0.39, 0.29) is 11.7 Å². The first-order chi connectivity index (χ1) is 16.7. The molecule has 0 fully saturated rings. The molecule has 0 aliphatic carbocycles. The molecule has 0 radical (unpaired) electrons. The first kappa shape index (κ1) is 24.7. The fourth-order valence-electron chi connectivity index (χ4n) is 4.09. The predicted octanol–water partition coefficient (Wildman–Crippen LogP) is 4.32. The lowest BCUT2D eigenvalue weighted by Crippen LogP contribution is -2.40. The number of ether oxygens (including phenoxy) is 2. The summed E-state index contributed by atoms with van der Waals surface area (Å²) in [4.78, 5) is 32.0. The van der Waals surface area contributed by atoms with Gasteiger partial charge in [-0.2, -0.15) is 0 Å². The largest absolute Gasteiger partial charge is 0.497 e. The molecule has 0 saturated heterocycles. The highest BCUT2D eigenvalue weighted by molar-refractivity contribution is 7.07. The fourth-order valence-corrected chi connectivity index (χ4v) is 5.14. The van der Waals surface area contributed by atoms with Crippen molar-refractivity contribution in [3.63, 3.8) is 0 Å². The molecular formula is C28H30N2O4S. The Labute approximate surface area is 208 Å². The van der Waals surface area contributed by atoms with Crippen LogP contribution in [0.5, 0.6) is 5.75 Å². The normalized spacial score (nSPS) is 15.9. The lowest BCUT2D eigenvalue weighted by Gasteiger charge is -2.25. The average Bonchev–Trinajstić information content (AvgIpc) is 3.12. The minimum atomic E-state index is -0.645. The van der Waals surface area contributed by atoms with E-state index in [0.29, 0.717) is 32.3 Å². The van der Waals surface area contributed by atoms with Gasteiger partial charge < -0.3 is 9.47 Å². The predicted molar refractivity (Wildman–Crippen MR) is 139 cm³/mol. The number of aromatic nitrogens is 1. The van der Waals surface area contributed by atoms with Gasteiger partial charge in [0, 0.05) is 0 Å². The molecule has 0 bridgehead atoms. The summed E-state index contributed by atoms with van der Waals surface area (Å²) in [6.45, 7) is 9.69. The van der Waals surface area contributed by atoms with Gasteiger partial charge in [-0.3, -0.25) is 9.36 Å². The van der Waals surface area contributed by atoms with Gasteiger partial charge in [0.05, 0.1) is 35.1 Å². The van der Waals surface area contributed by atoms with Gasteiger partial charge in [-0.05, 0) is 61.6 Å². The minimum absolute atomic E-state index is 0.190.